The Kier molecular flexibility index (Phi) is 8.15. The summed E-state index contributed by atoms with van der Waals surface area (Å²) in [7, 11) is 3.86. The number of alkyl carbamates (subject to hydrolysis) is 1. The van der Waals surface area contributed by atoms with Crippen LogP contribution in [0.5, 0.6) is 0 Å². The Morgan fingerprint density at radius 3 is 2.53 bits per heavy atom. The number of rotatable bonds is 7. The van der Waals surface area contributed by atoms with E-state index >= 15 is 0 Å². The molecule has 2 N–H and O–H groups in total. The number of carbonyl (C=O) groups excluding carboxylic acids is 3. The van der Waals surface area contributed by atoms with Gasteiger partial charge in [-0.1, -0.05) is 6.07 Å². The number of anilines is 1. The molecule has 3 amide bonds. The van der Waals surface area contributed by atoms with Gasteiger partial charge < -0.3 is 19.9 Å². The second kappa shape index (κ2) is 11.2. The van der Waals surface area contributed by atoms with Crippen molar-refractivity contribution in [3.8, 4) is 0 Å². The Bertz CT molecular complexity index is 1250. The molecule has 3 heterocycles. The third-order valence-corrected chi connectivity index (χ3v) is 7.39. The van der Waals surface area contributed by atoms with Crippen LogP contribution in [-0.4, -0.2) is 76.8 Å². The van der Waals surface area contributed by atoms with Crippen LogP contribution in [0.4, 0.5) is 10.5 Å². The first-order valence-corrected chi connectivity index (χ1v) is 13.4. The minimum Gasteiger partial charge on any atom is -0.444 e. The van der Waals surface area contributed by atoms with Gasteiger partial charge in [0.25, 0.3) is 0 Å². The van der Waals surface area contributed by atoms with E-state index < -0.39 is 17.6 Å². The van der Waals surface area contributed by atoms with Crippen molar-refractivity contribution in [2.75, 3.05) is 38.1 Å². The van der Waals surface area contributed by atoms with Crippen LogP contribution in [-0.2, 0) is 21.4 Å². The molecule has 1 aromatic carbocycles. The molecule has 2 aliphatic heterocycles. The van der Waals surface area contributed by atoms with Crippen molar-refractivity contribution in [2.45, 2.75) is 70.6 Å². The number of piperidine rings is 2. The van der Waals surface area contributed by atoms with E-state index in [-0.39, 0.29) is 24.1 Å². The summed E-state index contributed by atoms with van der Waals surface area (Å²) >= 11 is 0. The molecule has 38 heavy (non-hydrogen) atoms. The van der Waals surface area contributed by atoms with Gasteiger partial charge in [0.2, 0.25) is 11.8 Å². The van der Waals surface area contributed by atoms with E-state index in [0.717, 1.165) is 50.1 Å². The number of nitrogens with one attached hydrogen (secondary N) is 2. The summed E-state index contributed by atoms with van der Waals surface area (Å²) in [5.74, 6) is -0.723. The number of aryl methyl sites for hydroxylation is 1. The fourth-order valence-electron chi connectivity index (χ4n) is 5.47. The minimum atomic E-state index is -0.691. The Labute approximate surface area is 223 Å². The molecule has 0 aliphatic carbocycles. The first-order valence-electron chi connectivity index (χ1n) is 13.4. The molecule has 1 unspecified atom stereocenters. The maximum atomic E-state index is 13.2. The van der Waals surface area contributed by atoms with Crippen LogP contribution in [0.1, 0.15) is 58.9 Å². The normalized spacial score (nSPS) is 19.2. The molecule has 11 nitrogen and oxygen atoms in total. The van der Waals surface area contributed by atoms with Crippen LogP contribution < -0.4 is 21.2 Å². The molecule has 1 aromatic heterocycles. The van der Waals surface area contributed by atoms with Gasteiger partial charge in [-0.15, -0.1) is 0 Å². The van der Waals surface area contributed by atoms with Gasteiger partial charge in [0.15, 0.2) is 0 Å². The average Bonchev–Trinajstić information content (AvgIpc) is 3.11. The number of imide groups is 1. The van der Waals surface area contributed by atoms with E-state index in [2.05, 4.69) is 27.5 Å². The molecule has 11 heteroatoms. The topological polar surface area (TPSA) is 118 Å². The van der Waals surface area contributed by atoms with Crippen LogP contribution >= 0.6 is 0 Å². The summed E-state index contributed by atoms with van der Waals surface area (Å²) in [4.78, 5) is 53.9. The van der Waals surface area contributed by atoms with Gasteiger partial charge in [0, 0.05) is 39.1 Å². The van der Waals surface area contributed by atoms with Gasteiger partial charge in [0.05, 0.1) is 16.7 Å². The highest BCUT2D eigenvalue weighted by Gasteiger charge is 2.32. The predicted molar refractivity (Wildman–Crippen MR) is 145 cm³/mol. The number of para-hydroxylation sites is 1. The van der Waals surface area contributed by atoms with E-state index in [1.165, 1.54) is 4.57 Å². The molecule has 2 aliphatic rings. The second-order valence-corrected chi connectivity index (χ2v) is 11.3. The number of nitrogens with zero attached hydrogens (tertiary/aromatic N) is 4. The second-order valence-electron chi connectivity index (χ2n) is 11.3. The SMILES string of the molecule is CN(CCCNC(=O)OC(C)(C)C)C1CCN(c2cccc3c2n(C)c(=O)n3C2CCC(=O)NC2=O)CC1. The van der Waals surface area contributed by atoms with E-state index in [1.54, 1.807) is 11.6 Å². The van der Waals surface area contributed by atoms with Gasteiger partial charge in [-0.05, 0) is 72.2 Å². The molecule has 0 bridgehead atoms. The number of amides is 3. The number of benzene rings is 1. The molecule has 2 fully saturated rings. The standard InChI is InChI=1S/C27H40N6O5/c1-27(2,3)38-25(36)28-14-7-15-30(4)18-12-16-32(17-13-18)19-8-6-9-20-23(19)31(5)26(37)33(20)21-10-11-22(34)29-24(21)35/h6,8-9,18,21H,7,10-17H2,1-5H3,(H,28,36)(H,29,34,35). The fraction of sp³-hybridized carbons (Fsp3) is 0.630. The minimum absolute atomic E-state index is 0.219. The first kappa shape index (κ1) is 27.7. The summed E-state index contributed by atoms with van der Waals surface area (Å²) < 4.78 is 8.43. The van der Waals surface area contributed by atoms with E-state index in [0.29, 0.717) is 24.5 Å². The van der Waals surface area contributed by atoms with Crippen LogP contribution in [0.25, 0.3) is 11.0 Å². The number of ether oxygens (including phenoxy) is 1. The highest BCUT2D eigenvalue weighted by Crippen LogP contribution is 2.31. The Balaban J connectivity index is 1.38. The zero-order valence-electron chi connectivity index (χ0n) is 23.1. The molecule has 0 saturated carbocycles. The lowest BCUT2D eigenvalue weighted by molar-refractivity contribution is -0.135. The summed E-state index contributed by atoms with van der Waals surface area (Å²) in [5.41, 5.74) is 1.75. The van der Waals surface area contributed by atoms with Crippen LogP contribution in [0.15, 0.2) is 23.0 Å². The molecule has 208 valence electrons. The van der Waals surface area contributed by atoms with Crippen molar-refractivity contribution in [3.63, 3.8) is 0 Å². The van der Waals surface area contributed by atoms with Crippen molar-refractivity contribution in [3.05, 3.63) is 28.7 Å². The quantitative estimate of drug-likeness (QED) is 0.418. The number of fused-ring (bicyclic) bond motifs is 1. The third kappa shape index (κ3) is 6.03. The van der Waals surface area contributed by atoms with E-state index in [9.17, 15) is 19.2 Å². The van der Waals surface area contributed by atoms with E-state index in [1.807, 2.05) is 39.0 Å². The van der Waals surface area contributed by atoms with Crippen molar-refractivity contribution >= 4 is 34.6 Å². The summed E-state index contributed by atoms with van der Waals surface area (Å²) in [6.45, 7) is 8.68. The Hall–Kier alpha value is -3.34. The molecule has 1 atom stereocenters. The lowest BCUT2D eigenvalue weighted by atomic mass is 10.0. The van der Waals surface area contributed by atoms with Gasteiger partial charge in [-0.25, -0.2) is 9.59 Å². The lowest BCUT2D eigenvalue weighted by Crippen LogP contribution is -2.44. The van der Waals surface area contributed by atoms with Gasteiger partial charge in [0.1, 0.15) is 11.6 Å². The molecular formula is C27H40N6O5. The van der Waals surface area contributed by atoms with Crippen molar-refractivity contribution < 1.29 is 19.1 Å². The van der Waals surface area contributed by atoms with Gasteiger partial charge >= 0.3 is 11.8 Å². The predicted octanol–water partition coefficient (Wildman–Crippen LogP) is 2.13. The van der Waals surface area contributed by atoms with Crippen LogP contribution in [0, 0.1) is 0 Å². The summed E-state index contributed by atoms with van der Waals surface area (Å²) in [5, 5.41) is 5.18. The highest BCUT2D eigenvalue weighted by molar-refractivity contribution is 6.00. The Morgan fingerprint density at radius 2 is 1.87 bits per heavy atom. The van der Waals surface area contributed by atoms with Crippen molar-refractivity contribution in [1.82, 2.24) is 24.7 Å². The third-order valence-electron chi connectivity index (χ3n) is 7.39. The maximum absolute atomic E-state index is 13.2. The number of carbonyl (C=O) groups is 3. The smallest absolute Gasteiger partial charge is 0.407 e. The lowest BCUT2D eigenvalue weighted by Gasteiger charge is -2.38. The monoisotopic (exact) mass is 528 g/mol. The average molecular weight is 529 g/mol. The molecular weight excluding hydrogens is 488 g/mol. The van der Waals surface area contributed by atoms with Crippen molar-refractivity contribution in [2.24, 2.45) is 7.05 Å². The van der Waals surface area contributed by atoms with E-state index in [4.69, 9.17) is 4.74 Å². The zero-order chi connectivity index (χ0) is 27.6. The maximum Gasteiger partial charge on any atom is 0.407 e. The number of hydrogen-bond acceptors (Lipinski definition) is 7. The molecule has 2 aromatic rings. The number of hydrogen-bond donors (Lipinski definition) is 2. The summed E-state index contributed by atoms with van der Waals surface area (Å²) in [6, 6.07) is 5.57. The molecule has 2 saturated heterocycles. The molecule has 0 radical (unpaired) electrons. The van der Waals surface area contributed by atoms with Crippen LogP contribution in [0.3, 0.4) is 0 Å². The summed E-state index contributed by atoms with van der Waals surface area (Å²) in [6.07, 6.45) is 2.95. The number of aromatic nitrogens is 2. The molecule has 0 spiro atoms. The zero-order valence-corrected chi connectivity index (χ0v) is 23.1. The van der Waals surface area contributed by atoms with Gasteiger partial charge in [-0.3, -0.25) is 24.0 Å². The number of imidazole rings is 1. The Morgan fingerprint density at radius 1 is 1.16 bits per heavy atom. The van der Waals surface area contributed by atoms with Gasteiger partial charge in [-0.2, -0.15) is 0 Å². The molecule has 4 rings (SSSR count). The van der Waals surface area contributed by atoms with Crippen molar-refractivity contribution in [1.29, 1.82) is 0 Å². The highest BCUT2D eigenvalue weighted by atomic mass is 16.6. The van der Waals surface area contributed by atoms with Crippen LogP contribution in [0.2, 0.25) is 0 Å². The fourth-order valence-corrected chi connectivity index (χ4v) is 5.47. The largest absolute Gasteiger partial charge is 0.444 e. The first-order chi connectivity index (χ1) is 18.0.